The lowest BCUT2D eigenvalue weighted by Crippen LogP contribution is -2.14. The number of hydrogen-bond donors (Lipinski definition) is 0. The lowest BCUT2D eigenvalue weighted by atomic mass is 10.1. The largest absolute Gasteiger partial charge is 0.462 e. The van der Waals surface area contributed by atoms with Crippen LogP contribution in [0.1, 0.15) is 25.8 Å². The number of carbonyl (C=O) groups is 2. The van der Waals surface area contributed by atoms with Crippen LogP contribution in [0.5, 0.6) is 0 Å². The summed E-state index contributed by atoms with van der Waals surface area (Å²) in [4.78, 5) is 33.3. The van der Waals surface area contributed by atoms with Gasteiger partial charge in [-0.25, -0.2) is 4.79 Å². The molecule has 0 saturated heterocycles. The molecule has 0 aliphatic heterocycles. The molecule has 0 aromatic heterocycles. The second-order valence-electron chi connectivity index (χ2n) is 4.10. The van der Waals surface area contributed by atoms with Crippen LogP contribution in [0.2, 0.25) is 0 Å². The smallest absolute Gasteiger partial charge is 0.341 e. The maximum Gasteiger partial charge on any atom is 0.341 e. The Hall–Kier alpha value is -2.50. The van der Waals surface area contributed by atoms with Crippen molar-refractivity contribution < 1.29 is 19.2 Å². The van der Waals surface area contributed by atoms with Crippen LogP contribution >= 0.6 is 0 Å². The SMILES string of the molecule is CCCOC(=O)/C(=C/c1cccc([N+](=O)[O-])c1)C(C)=O. The Morgan fingerprint density at radius 2 is 2.10 bits per heavy atom. The molecular weight excluding hydrogens is 262 g/mol. The summed E-state index contributed by atoms with van der Waals surface area (Å²) in [6.07, 6.45) is 1.95. The highest BCUT2D eigenvalue weighted by atomic mass is 16.6. The van der Waals surface area contributed by atoms with Crippen molar-refractivity contribution >= 4 is 23.5 Å². The van der Waals surface area contributed by atoms with Crippen LogP contribution in [-0.4, -0.2) is 23.3 Å². The van der Waals surface area contributed by atoms with E-state index in [1.807, 2.05) is 6.92 Å². The number of nitro groups is 1. The van der Waals surface area contributed by atoms with Crippen molar-refractivity contribution in [2.45, 2.75) is 20.3 Å². The van der Waals surface area contributed by atoms with Crippen LogP contribution < -0.4 is 0 Å². The predicted octanol–water partition coefficient (Wildman–Crippen LogP) is 2.52. The van der Waals surface area contributed by atoms with Gasteiger partial charge in [0.05, 0.1) is 11.5 Å². The van der Waals surface area contributed by atoms with Gasteiger partial charge in [-0.15, -0.1) is 0 Å². The van der Waals surface area contributed by atoms with Crippen molar-refractivity contribution in [2.75, 3.05) is 6.61 Å². The van der Waals surface area contributed by atoms with E-state index in [0.29, 0.717) is 12.0 Å². The number of nitro benzene ring substituents is 1. The average molecular weight is 277 g/mol. The van der Waals surface area contributed by atoms with Crippen molar-refractivity contribution in [2.24, 2.45) is 0 Å². The second-order valence-corrected chi connectivity index (χ2v) is 4.10. The lowest BCUT2D eigenvalue weighted by molar-refractivity contribution is -0.384. The molecule has 6 nitrogen and oxygen atoms in total. The Morgan fingerprint density at radius 3 is 2.65 bits per heavy atom. The molecule has 106 valence electrons. The lowest BCUT2D eigenvalue weighted by Gasteiger charge is -2.04. The van der Waals surface area contributed by atoms with Crippen molar-refractivity contribution in [1.29, 1.82) is 0 Å². The molecule has 0 fully saturated rings. The van der Waals surface area contributed by atoms with Gasteiger partial charge in [0.2, 0.25) is 0 Å². The van der Waals surface area contributed by atoms with Crippen LogP contribution in [0, 0.1) is 10.1 Å². The molecule has 0 N–H and O–H groups in total. The van der Waals surface area contributed by atoms with Crippen LogP contribution in [-0.2, 0) is 14.3 Å². The first-order valence-electron chi connectivity index (χ1n) is 6.10. The molecule has 20 heavy (non-hydrogen) atoms. The summed E-state index contributed by atoms with van der Waals surface area (Å²) >= 11 is 0. The molecule has 0 spiro atoms. The number of carbonyl (C=O) groups excluding carboxylic acids is 2. The summed E-state index contributed by atoms with van der Waals surface area (Å²) < 4.78 is 4.90. The Morgan fingerprint density at radius 1 is 1.40 bits per heavy atom. The number of ketones is 1. The second kappa shape index (κ2) is 7.18. The molecule has 0 unspecified atom stereocenters. The Bertz CT molecular complexity index is 562. The first-order chi connectivity index (χ1) is 9.45. The van der Waals surface area contributed by atoms with Crippen LogP contribution in [0.3, 0.4) is 0 Å². The van der Waals surface area contributed by atoms with Gasteiger partial charge in [0.1, 0.15) is 5.57 Å². The van der Waals surface area contributed by atoms with E-state index in [0.717, 1.165) is 0 Å². The molecule has 0 amide bonds. The van der Waals surface area contributed by atoms with E-state index < -0.39 is 16.7 Å². The topological polar surface area (TPSA) is 86.5 Å². The normalized spacial score (nSPS) is 11.0. The molecule has 0 bridgehead atoms. The highest BCUT2D eigenvalue weighted by molar-refractivity contribution is 6.19. The number of rotatable bonds is 6. The number of nitrogens with zero attached hydrogens (tertiary/aromatic N) is 1. The van der Waals surface area contributed by atoms with E-state index in [1.165, 1.54) is 31.2 Å². The number of ether oxygens (including phenoxy) is 1. The summed E-state index contributed by atoms with van der Waals surface area (Å²) in [5, 5.41) is 10.7. The van der Waals surface area contributed by atoms with E-state index >= 15 is 0 Å². The molecular formula is C14H15NO5. The van der Waals surface area contributed by atoms with Crippen molar-refractivity contribution in [3.8, 4) is 0 Å². The zero-order chi connectivity index (χ0) is 15.1. The minimum Gasteiger partial charge on any atom is -0.462 e. The van der Waals surface area contributed by atoms with Gasteiger partial charge in [-0.2, -0.15) is 0 Å². The van der Waals surface area contributed by atoms with Gasteiger partial charge in [0.15, 0.2) is 5.78 Å². The maximum absolute atomic E-state index is 11.7. The summed E-state index contributed by atoms with van der Waals surface area (Å²) in [7, 11) is 0. The summed E-state index contributed by atoms with van der Waals surface area (Å²) in [6.45, 7) is 3.31. The van der Waals surface area contributed by atoms with Crippen molar-refractivity contribution in [1.82, 2.24) is 0 Å². The van der Waals surface area contributed by atoms with E-state index in [4.69, 9.17) is 4.74 Å². The highest BCUT2D eigenvalue weighted by Crippen LogP contribution is 2.16. The van der Waals surface area contributed by atoms with E-state index in [-0.39, 0.29) is 17.9 Å². The third-order valence-corrected chi connectivity index (χ3v) is 2.43. The Labute approximate surface area is 116 Å². The maximum atomic E-state index is 11.7. The molecule has 1 aromatic rings. The van der Waals surface area contributed by atoms with Gasteiger partial charge in [0, 0.05) is 12.1 Å². The summed E-state index contributed by atoms with van der Waals surface area (Å²) in [5.74, 6) is -1.16. The first kappa shape index (κ1) is 15.6. The van der Waals surface area contributed by atoms with E-state index in [9.17, 15) is 19.7 Å². The fraction of sp³-hybridized carbons (Fsp3) is 0.286. The number of Topliss-reactive ketones (excluding diaryl/α,β-unsaturated/α-hetero) is 1. The van der Waals surface area contributed by atoms with Gasteiger partial charge in [0.25, 0.3) is 5.69 Å². The molecule has 6 heteroatoms. The average Bonchev–Trinajstić information content (AvgIpc) is 2.42. The Kier molecular flexibility index (Phi) is 5.58. The van der Waals surface area contributed by atoms with E-state index in [2.05, 4.69) is 0 Å². The minimum atomic E-state index is -0.717. The predicted molar refractivity (Wildman–Crippen MR) is 73.0 cm³/mol. The molecule has 0 radical (unpaired) electrons. The third-order valence-electron chi connectivity index (χ3n) is 2.43. The molecule has 1 rings (SSSR count). The zero-order valence-electron chi connectivity index (χ0n) is 11.3. The van der Waals surface area contributed by atoms with Crippen LogP contribution in [0.4, 0.5) is 5.69 Å². The van der Waals surface area contributed by atoms with Gasteiger partial charge in [-0.3, -0.25) is 14.9 Å². The first-order valence-corrected chi connectivity index (χ1v) is 6.10. The molecule has 0 heterocycles. The van der Waals surface area contributed by atoms with Crippen LogP contribution in [0.25, 0.3) is 6.08 Å². The van der Waals surface area contributed by atoms with Gasteiger partial charge >= 0.3 is 5.97 Å². The number of hydrogen-bond acceptors (Lipinski definition) is 5. The zero-order valence-corrected chi connectivity index (χ0v) is 11.3. The Balaban J connectivity index is 3.08. The van der Waals surface area contributed by atoms with Gasteiger partial charge in [-0.05, 0) is 25.0 Å². The fourth-order valence-corrected chi connectivity index (χ4v) is 1.47. The fourth-order valence-electron chi connectivity index (χ4n) is 1.47. The number of esters is 1. The van der Waals surface area contributed by atoms with Gasteiger partial charge in [-0.1, -0.05) is 19.1 Å². The monoisotopic (exact) mass is 277 g/mol. The number of non-ortho nitro benzene ring substituents is 1. The van der Waals surface area contributed by atoms with E-state index in [1.54, 1.807) is 6.07 Å². The summed E-state index contributed by atoms with van der Waals surface area (Å²) in [5.41, 5.74) is 0.167. The third kappa shape index (κ3) is 4.31. The molecule has 0 aliphatic rings. The molecule has 0 atom stereocenters. The number of benzene rings is 1. The highest BCUT2D eigenvalue weighted by Gasteiger charge is 2.16. The van der Waals surface area contributed by atoms with Crippen molar-refractivity contribution in [3.63, 3.8) is 0 Å². The standard InChI is InChI=1S/C14H15NO5/c1-3-7-20-14(17)13(10(2)16)9-11-5-4-6-12(8-11)15(18)19/h4-6,8-9H,3,7H2,1-2H3/b13-9+. The molecule has 0 saturated carbocycles. The minimum absolute atomic E-state index is 0.108. The van der Waals surface area contributed by atoms with Gasteiger partial charge < -0.3 is 4.74 Å². The molecule has 0 aliphatic carbocycles. The van der Waals surface area contributed by atoms with Crippen molar-refractivity contribution in [3.05, 3.63) is 45.5 Å². The summed E-state index contributed by atoms with van der Waals surface area (Å²) in [6, 6.07) is 5.68. The van der Waals surface area contributed by atoms with Crippen LogP contribution in [0.15, 0.2) is 29.8 Å². The quantitative estimate of drug-likeness (QED) is 0.199. The molecule has 1 aromatic carbocycles.